The second kappa shape index (κ2) is 8.37. The zero-order valence-electron chi connectivity index (χ0n) is 21.8. The summed E-state index contributed by atoms with van der Waals surface area (Å²) < 4.78 is 10.9. The number of hydrogen-bond acceptors (Lipinski definition) is 4. The van der Waals surface area contributed by atoms with E-state index in [0.717, 1.165) is 72.1 Å². The van der Waals surface area contributed by atoms with Crippen LogP contribution in [0, 0.1) is 0 Å². The van der Waals surface area contributed by atoms with Crippen LogP contribution in [0.5, 0.6) is 11.5 Å². The van der Waals surface area contributed by atoms with Crippen LogP contribution in [-0.4, -0.2) is 23.9 Å². The standard InChI is InChI=1S/C35H21N5O/c1-3-9-30-25(7-1)26-15-13-23(20-33(26)39(30)34-11-5-6-17-37-34)41-22-12-14-24-27(19-22)35-38-29-8-2-4-10-32(29)40(35)31-16-18-36-21-28(24)31/h1-21H. The fourth-order valence-corrected chi connectivity index (χ4v) is 6.13. The molecule has 0 N–H and O–H groups in total. The highest BCUT2D eigenvalue weighted by molar-refractivity contribution is 6.14. The fraction of sp³-hybridized carbons (Fsp3) is 0. The van der Waals surface area contributed by atoms with Gasteiger partial charge >= 0.3 is 0 Å². The number of aromatic nitrogens is 5. The predicted molar refractivity (Wildman–Crippen MR) is 164 cm³/mol. The second-order valence-corrected chi connectivity index (χ2v) is 10.2. The lowest BCUT2D eigenvalue weighted by atomic mass is 10.1. The maximum Gasteiger partial charge on any atom is 0.146 e. The topological polar surface area (TPSA) is 57.2 Å². The molecule has 6 nitrogen and oxygen atoms in total. The first-order valence-corrected chi connectivity index (χ1v) is 13.5. The number of nitrogens with zero attached hydrogens (tertiary/aromatic N) is 5. The van der Waals surface area contributed by atoms with Crippen molar-refractivity contribution in [3.8, 4) is 17.3 Å². The average Bonchev–Trinajstić information content (AvgIpc) is 3.58. The minimum atomic E-state index is 0.745. The molecular weight excluding hydrogens is 506 g/mol. The number of ether oxygens (including phenoxy) is 1. The molecule has 5 heterocycles. The molecule has 0 saturated heterocycles. The van der Waals surface area contributed by atoms with Crippen LogP contribution in [0.3, 0.4) is 0 Å². The van der Waals surface area contributed by atoms with Crippen LogP contribution in [0.4, 0.5) is 0 Å². The zero-order valence-corrected chi connectivity index (χ0v) is 21.8. The Morgan fingerprint density at radius 2 is 1.32 bits per heavy atom. The van der Waals surface area contributed by atoms with Crippen LogP contribution in [0.2, 0.25) is 0 Å². The van der Waals surface area contributed by atoms with Crippen molar-refractivity contribution in [1.29, 1.82) is 0 Å². The number of fused-ring (bicyclic) bond motifs is 11. The first kappa shape index (κ1) is 22.1. The molecule has 192 valence electrons. The minimum Gasteiger partial charge on any atom is -0.457 e. The van der Waals surface area contributed by atoms with Gasteiger partial charge in [-0.3, -0.25) is 14.0 Å². The lowest BCUT2D eigenvalue weighted by molar-refractivity contribution is 0.484. The van der Waals surface area contributed by atoms with E-state index in [0.29, 0.717) is 0 Å². The van der Waals surface area contributed by atoms with E-state index in [9.17, 15) is 0 Å². The van der Waals surface area contributed by atoms with Crippen LogP contribution < -0.4 is 4.74 Å². The molecule has 0 fully saturated rings. The van der Waals surface area contributed by atoms with Gasteiger partial charge in [0.1, 0.15) is 23.0 Å². The summed E-state index contributed by atoms with van der Waals surface area (Å²) in [5.41, 5.74) is 6.16. The quantitative estimate of drug-likeness (QED) is 0.216. The van der Waals surface area contributed by atoms with Gasteiger partial charge in [-0.2, -0.15) is 0 Å². The Labute approximate surface area is 233 Å². The highest BCUT2D eigenvalue weighted by atomic mass is 16.5. The molecule has 9 rings (SSSR count). The number of pyridine rings is 3. The number of benzene rings is 4. The summed E-state index contributed by atoms with van der Waals surface area (Å²) in [7, 11) is 0. The van der Waals surface area contributed by atoms with Gasteiger partial charge in [-0.1, -0.05) is 36.4 Å². The Morgan fingerprint density at radius 3 is 2.22 bits per heavy atom. The summed E-state index contributed by atoms with van der Waals surface area (Å²) in [6.07, 6.45) is 5.58. The molecule has 0 aliphatic carbocycles. The zero-order chi connectivity index (χ0) is 26.9. The Kier molecular flexibility index (Phi) is 4.51. The molecule has 0 bridgehead atoms. The van der Waals surface area contributed by atoms with Crippen molar-refractivity contribution < 1.29 is 4.74 Å². The Morgan fingerprint density at radius 1 is 0.537 bits per heavy atom. The summed E-state index contributed by atoms with van der Waals surface area (Å²) in [5, 5.41) is 5.52. The predicted octanol–water partition coefficient (Wildman–Crippen LogP) is 8.47. The smallest absolute Gasteiger partial charge is 0.146 e. The fourth-order valence-electron chi connectivity index (χ4n) is 6.13. The first-order valence-electron chi connectivity index (χ1n) is 13.5. The van der Waals surface area contributed by atoms with Crippen molar-refractivity contribution >= 4 is 60.2 Å². The maximum absolute atomic E-state index is 6.53. The van der Waals surface area contributed by atoms with Crippen molar-refractivity contribution in [3.63, 3.8) is 0 Å². The van der Waals surface area contributed by atoms with Gasteiger partial charge in [0, 0.05) is 46.2 Å². The first-order chi connectivity index (χ1) is 20.3. The lowest BCUT2D eigenvalue weighted by Gasteiger charge is -2.12. The third kappa shape index (κ3) is 3.22. The van der Waals surface area contributed by atoms with Gasteiger partial charge < -0.3 is 4.74 Å². The molecule has 0 aliphatic rings. The van der Waals surface area contributed by atoms with E-state index in [-0.39, 0.29) is 0 Å². The molecule has 9 aromatic rings. The van der Waals surface area contributed by atoms with E-state index in [4.69, 9.17) is 9.72 Å². The van der Waals surface area contributed by atoms with Crippen LogP contribution in [0.15, 0.2) is 128 Å². The Bertz CT molecular complexity index is 2460. The summed E-state index contributed by atoms with van der Waals surface area (Å²) in [6.45, 7) is 0. The minimum absolute atomic E-state index is 0.745. The largest absolute Gasteiger partial charge is 0.457 e. The normalized spacial score (nSPS) is 11.9. The molecule has 4 aromatic carbocycles. The number of para-hydroxylation sites is 3. The van der Waals surface area contributed by atoms with Gasteiger partial charge in [-0.15, -0.1) is 0 Å². The summed E-state index contributed by atoms with van der Waals surface area (Å²) in [6, 6.07) is 37.2. The van der Waals surface area contributed by atoms with Crippen molar-refractivity contribution in [1.82, 2.24) is 23.9 Å². The Hall–Kier alpha value is -5.75. The van der Waals surface area contributed by atoms with Gasteiger partial charge in [0.25, 0.3) is 0 Å². The van der Waals surface area contributed by atoms with Gasteiger partial charge in [0.05, 0.1) is 27.6 Å². The van der Waals surface area contributed by atoms with Crippen LogP contribution >= 0.6 is 0 Å². The molecule has 0 spiro atoms. The van der Waals surface area contributed by atoms with Crippen LogP contribution in [0.25, 0.3) is 66.0 Å². The average molecular weight is 528 g/mol. The SMILES string of the molecule is c1ccc(-n2c3ccccc3c3ccc(Oc4ccc5c6cnccc6n6c7ccccc7nc6c5c4)cc32)nc1. The van der Waals surface area contributed by atoms with E-state index in [2.05, 4.69) is 85.7 Å². The number of hydrogen-bond donors (Lipinski definition) is 0. The van der Waals surface area contributed by atoms with Gasteiger partial charge in [0.15, 0.2) is 0 Å². The lowest BCUT2D eigenvalue weighted by Crippen LogP contribution is -1.96. The van der Waals surface area contributed by atoms with E-state index < -0.39 is 0 Å². The molecular formula is C35H21N5O. The van der Waals surface area contributed by atoms with Crippen molar-refractivity contribution in [2.75, 3.05) is 0 Å². The number of rotatable bonds is 3. The third-order valence-electron chi connectivity index (χ3n) is 7.88. The van der Waals surface area contributed by atoms with Gasteiger partial charge in [0.2, 0.25) is 0 Å². The summed E-state index contributed by atoms with van der Waals surface area (Å²) in [4.78, 5) is 14.1. The molecule has 0 unspecified atom stereocenters. The Balaban J connectivity index is 1.25. The molecule has 0 radical (unpaired) electrons. The van der Waals surface area contributed by atoms with E-state index in [1.165, 1.54) is 5.39 Å². The highest BCUT2D eigenvalue weighted by Gasteiger charge is 2.16. The van der Waals surface area contributed by atoms with E-state index in [1.807, 2.05) is 61.1 Å². The van der Waals surface area contributed by atoms with Crippen molar-refractivity contribution in [2.45, 2.75) is 0 Å². The van der Waals surface area contributed by atoms with Gasteiger partial charge in [-0.25, -0.2) is 9.97 Å². The monoisotopic (exact) mass is 527 g/mol. The van der Waals surface area contributed by atoms with Crippen molar-refractivity contribution in [2.24, 2.45) is 0 Å². The molecule has 5 aromatic heterocycles. The summed E-state index contributed by atoms with van der Waals surface area (Å²) in [5.74, 6) is 2.37. The maximum atomic E-state index is 6.53. The second-order valence-electron chi connectivity index (χ2n) is 10.2. The molecule has 41 heavy (non-hydrogen) atoms. The van der Waals surface area contributed by atoms with Crippen molar-refractivity contribution in [3.05, 3.63) is 128 Å². The molecule has 0 saturated carbocycles. The molecule has 0 aliphatic heterocycles. The van der Waals surface area contributed by atoms with Gasteiger partial charge in [-0.05, 0) is 72.1 Å². The van der Waals surface area contributed by atoms with E-state index >= 15 is 0 Å². The highest BCUT2D eigenvalue weighted by Crippen LogP contribution is 2.37. The molecule has 0 atom stereocenters. The third-order valence-corrected chi connectivity index (χ3v) is 7.88. The van der Waals surface area contributed by atoms with E-state index in [1.54, 1.807) is 0 Å². The van der Waals surface area contributed by atoms with Crippen LogP contribution in [0.1, 0.15) is 0 Å². The van der Waals surface area contributed by atoms with Crippen LogP contribution in [-0.2, 0) is 0 Å². The molecule has 0 amide bonds. The molecule has 6 heteroatoms. The summed E-state index contributed by atoms with van der Waals surface area (Å²) >= 11 is 0. The number of imidazole rings is 1.